The van der Waals surface area contributed by atoms with Crippen molar-refractivity contribution in [2.75, 3.05) is 20.2 Å². The Hall–Kier alpha value is -2.06. The van der Waals surface area contributed by atoms with Gasteiger partial charge in [0.05, 0.1) is 22.7 Å². The second kappa shape index (κ2) is 9.93. The molecule has 0 unspecified atom stereocenters. The maximum absolute atomic E-state index is 12.6. The van der Waals surface area contributed by atoms with E-state index in [-0.39, 0.29) is 33.6 Å². The van der Waals surface area contributed by atoms with Crippen molar-refractivity contribution in [1.29, 1.82) is 0 Å². The molecule has 0 fully saturated rings. The van der Waals surface area contributed by atoms with E-state index in [1.54, 1.807) is 19.2 Å². The molecule has 0 atom stereocenters. The summed E-state index contributed by atoms with van der Waals surface area (Å²) in [5.74, 6) is 0.204. The van der Waals surface area contributed by atoms with E-state index in [2.05, 4.69) is 16.6 Å². The SMILES string of the molecule is C=CCNC(=O)c1cc(S(=O)(=O)NCCc2ccc(OC)cc2)c(Cl)cc1Cl. The maximum atomic E-state index is 12.6. The monoisotopic (exact) mass is 442 g/mol. The molecule has 2 N–H and O–H groups in total. The lowest BCUT2D eigenvalue weighted by atomic mass is 10.1. The van der Waals surface area contributed by atoms with Crippen LogP contribution in [-0.2, 0) is 16.4 Å². The Labute approximate surface area is 174 Å². The molecule has 0 bridgehead atoms. The van der Waals surface area contributed by atoms with Gasteiger partial charge >= 0.3 is 0 Å². The number of amides is 1. The third-order valence-electron chi connectivity index (χ3n) is 3.83. The summed E-state index contributed by atoms with van der Waals surface area (Å²) in [5, 5.41) is 2.54. The average Bonchev–Trinajstić information content (AvgIpc) is 2.66. The van der Waals surface area contributed by atoms with Crippen molar-refractivity contribution in [1.82, 2.24) is 10.0 Å². The van der Waals surface area contributed by atoms with Crippen LogP contribution in [0.1, 0.15) is 15.9 Å². The van der Waals surface area contributed by atoms with Crippen molar-refractivity contribution in [2.24, 2.45) is 0 Å². The summed E-state index contributed by atoms with van der Waals surface area (Å²) in [6.07, 6.45) is 1.97. The fraction of sp³-hybridized carbons (Fsp3) is 0.211. The zero-order valence-electron chi connectivity index (χ0n) is 15.2. The molecule has 0 radical (unpaired) electrons. The summed E-state index contributed by atoms with van der Waals surface area (Å²) in [7, 11) is -2.36. The summed E-state index contributed by atoms with van der Waals surface area (Å²) >= 11 is 12.1. The number of rotatable bonds is 9. The minimum atomic E-state index is -3.93. The summed E-state index contributed by atoms with van der Waals surface area (Å²) in [4.78, 5) is 11.9. The van der Waals surface area contributed by atoms with Gasteiger partial charge in [-0.15, -0.1) is 6.58 Å². The summed E-state index contributed by atoms with van der Waals surface area (Å²) in [6, 6.07) is 9.71. The van der Waals surface area contributed by atoms with Crippen LogP contribution in [0.15, 0.2) is 53.9 Å². The van der Waals surface area contributed by atoms with Gasteiger partial charge in [-0.05, 0) is 36.2 Å². The van der Waals surface area contributed by atoms with Crippen molar-refractivity contribution in [2.45, 2.75) is 11.3 Å². The van der Waals surface area contributed by atoms with Gasteiger partial charge in [0.25, 0.3) is 5.91 Å². The van der Waals surface area contributed by atoms with Crippen LogP contribution in [0, 0.1) is 0 Å². The highest BCUT2D eigenvalue weighted by Crippen LogP contribution is 2.28. The number of benzene rings is 2. The van der Waals surface area contributed by atoms with Crippen molar-refractivity contribution in [3.8, 4) is 5.75 Å². The number of hydrogen-bond donors (Lipinski definition) is 2. The Morgan fingerprint density at radius 2 is 1.86 bits per heavy atom. The lowest BCUT2D eigenvalue weighted by Gasteiger charge is -2.12. The topological polar surface area (TPSA) is 84.5 Å². The van der Waals surface area contributed by atoms with Crippen molar-refractivity contribution >= 4 is 39.1 Å². The van der Waals surface area contributed by atoms with Gasteiger partial charge in [-0.2, -0.15) is 0 Å². The van der Waals surface area contributed by atoms with Crippen LogP contribution in [0.2, 0.25) is 10.0 Å². The number of hydrogen-bond acceptors (Lipinski definition) is 4. The number of sulfonamides is 1. The molecule has 0 aliphatic rings. The van der Waals surface area contributed by atoms with Gasteiger partial charge in [0.1, 0.15) is 10.6 Å². The summed E-state index contributed by atoms with van der Waals surface area (Å²) in [6.45, 7) is 3.89. The molecule has 2 aromatic carbocycles. The molecular formula is C19H20Cl2N2O4S. The number of nitrogens with one attached hydrogen (secondary N) is 2. The molecule has 1 amide bonds. The molecule has 6 nitrogen and oxygen atoms in total. The molecule has 9 heteroatoms. The molecule has 0 aliphatic heterocycles. The number of ether oxygens (including phenoxy) is 1. The fourth-order valence-corrected chi connectivity index (χ4v) is 4.26. The van der Waals surface area contributed by atoms with Gasteiger partial charge < -0.3 is 10.1 Å². The number of halogens is 2. The molecule has 2 aromatic rings. The Morgan fingerprint density at radius 1 is 1.18 bits per heavy atom. The van der Waals surface area contributed by atoms with E-state index >= 15 is 0 Å². The first kappa shape index (κ1) is 22.2. The summed E-state index contributed by atoms with van der Waals surface area (Å²) in [5.41, 5.74) is 0.957. The first-order valence-electron chi connectivity index (χ1n) is 8.29. The van der Waals surface area contributed by atoms with E-state index in [1.807, 2.05) is 12.1 Å². The van der Waals surface area contributed by atoms with Gasteiger partial charge in [0, 0.05) is 13.1 Å². The molecular weight excluding hydrogens is 423 g/mol. The van der Waals surface area contributed by atoms with Gasteiger partial charge in [-0.3, -0.25) is 4.79 Å². The second-order valence-corrected chi connectivity index (χ2v) is 8.31. The highest BCUT2D eigenvalue weighted by molar-refractivity contribution is 7.89. The molecule has 28 heavy (non-hydrogen) atoms. The molecule has 0 saturated heterocycles. The second-order valence-electron chi connectivity index (χ2n) is 5.76. The zero-order chi connectivity index (χ0) is 20.7. The number of carbonyl (C=O) groups excluding carboxylic acids is 1. The number of methoxy groups -OCH3 is 1. The predicted octanol–water partition coefficient (Wildman–Crippen LogP) is 3.44. The van der Waals surface area contributed by atoms with E-state index in [9.17, 15) is 13.2 Å². The Kier molecular flexibility index (Phi) is 7.88. The molecule has 0 heterocycles. The first-order valence-corrected chi connectivity index (χ1v) is 10.5. The first-order chi connectivity index (χ1) is 13.3. The van der Waals surface area contributed by atoms with Crippen LogP contribution in [-0.4, -0.2) is 34.5 Å². The molecule has 150 valence electrons. The van der Waals surface area contributed by atoms with Crippen molar-refractivity contribution in [3.05, 3.63) is 70.2 Å². The standard InChI is InChI=1S/C19H20Cl2N2O4S/c1-3-9-22-19(24)15-11-18(17(21)12-16(15)20)28(25,26)23-10-8-13-4-6-14(27-2)7-5-13/h3-7,11-12,23H,1,8-10H2,2H3,(H,22,24). The van der Waals surface area contributed by atoms with Crippen LogP contribution in [0.5, 0.6) is 5.75 Å². The molecule has 0 spiro atoms. The number of carbonyl (C=O) groups is 1. The molecule has 0 saturated carbocycles. The van der Waals surface area contributed by atoms with Gasteiger partial charge in [0.2, 0.25) is 10.0 Å². The minimum Gasteiger partial charge on any atom is -0.497 e. The Morgan fingerprint density at radius 3 is 2.46 bits per heavy atom. The van der Waals surface area contributed by atoms with E-state index in [1.165, 1.54) is 18.2 Å². The maximum Gasteiger partial charge on any atom is 0.253 e. The van der Waals surface area contributed by atoms with E-state index in [0.717, 1.165) is 11.3 Å². The summed E-state index contributed by atoms with van der Waals surface area (Å²) < 4.78 is 32.9. The highest BCUT2D eigenvalue weighted by Gasteiger charge is 2.22. The van der Waals surface area contributed by atoms with E-state index < -0.39 is 15.9 Å². The van der Waals surface area contributed by atoms with Crippen molar-refractivity contribution in [3.63, 3.8) is 0 Å². The van der Waals surface area contributed by atoms with Crippen LogP contribution in [0.3, 0.4) is 0 Å². The van der Waals surface area contributed by atoms with Crippen molar-refractivity contribution < 1.29 is 17.9 Å². The average molecular weight is 443 g/mol. The highest BCUT2D eigenvalue weighted by atomic mass is 35.5. The smallest absolute Gasteiger partial charge is 0.253 e. The fourth-order valence-electron chi connectivity index (χ4n) is 2.37. The van der Waals surface area contributed by atoms with Gasteiger partial charge in [-0.25, -0.2) is 13.1 Å². The van der Waals surface area contributed by atoms with Crippen LogP contribution in [0.25, 0.3) is 0 Å². The van der Waals surface area contributed by atoms with E-state index in [4.69, 9.17) is 27.9 Å². The lowest BCUT2D eigenvalue weighted by Crippen LogP contribution is -2.27. The largest absolute Gasteiger partial charge is 0.497 e. The lowest BCUT2D eigenvalue weighted by molar-refractivity contribution is 0.0958. The zero-order valence-corrected chi connectivity index (χ0v) is 17.5. The molecule has 0 aromatic heterocycles. The van der Waals surface area contributed by atoms with Gasteiger partial charge in [0.15, 0.2) is 0 Å². The van der Waals surface area contributed by atoms with Gasteiger partial charge in [-0.1, -0.05) is 41.4 Å². The third kappa shape index (κ3) is 5.72. The quantitative estimate of drug-likeness (QED) is 0.582. The third-order valence-corrected chi connectivity index (χ3v) is 6.07. The van der Waals surface area contributed by atoms with Crippen LogP contribution in [0.4, 0.5) is 0 Å². The minimum absolute atomic E-state index is 0.0171. The molecule has 0 aliphatic carbocycles. The Balaban J connectivity index is 2.14. The van der Waals surface area contributed by atoms with Crippen LogP contribution < -0.4 is 14.8 Å². The predicted molar refractivity (Wildman–Crippen MR) is 111 cm³/mol. The van der Waals surface area contributed by atoms with E-state index in [0.29, 0.717) is 6.42 Å². The Bertz CT molecular complexity index is 961. The normalized spacial score (nSPS) is 11.1. The van der Waals surface area contributed by atoms with Crippen LogP contribution >= 0.6 is 23.2 Å². The molecule has 2 rings (SSSR count).